The Morgan fingerprint density at radius 3 is 2.83 bits per heavy atom. The van der Waals surface area contributed by atoms with Gasteiger partial charge in [0.1, 0.15) is 0 Å². The van der Waals surface area contributed by atoms with Crippen LogP contribution in [0.4, 0.5) is 0 Å². The summed E-state index contributed by atoms with van der Waals surface area (Å²) in [6, 6.07) is 2.89. The SMILES string of the molecule is C=CCC[C@H](c1cc(C)c(Br)s1)N1CCNCC1. The second-order valence-corrected chi connectivity index (χ2v) is 7.17. The topological polar surface area (TPSA) is 15.3 Å². The number of hydrogen-bond donors (Lipinski definition) is 1. The van der Waals surface area contributed by atoms with Gasteiger partial charge in [-0.1, -0.05) is 6.08 Å². The Morgan fingerprint density at radius 2 is 2.28 bits per heavy atom. The van der Waals surface area contributed by atoms with Gasteiger partial charge in [0.25, 0.3) is 0 Å². The van der Waals surface area contributed by atoms with Gasteiger partial charge in [0.15, 0.2) is 0 Å². The first-order valence-electron chi connectivity index (χ1n) is 6.54. The van der Waals surface area contributed by atoms with Crippen LogP contribution in [0.15, 0.2) is 22.5 Å². The number of allylic oxidation sites excluding steroid dienone is 1. The van der Waals surface area contributed by atoms with Gasteiger partial charge in [-0.25, -0.2) is 0 Å². The van der Waals surface area contributed by atoms with E-state index >= 15 is 0 Å². The van der Waals surface area contributed by atoms with E-state index in [1.54, 1.807) is 0 Å². The van der Waals surface area contributed by atoms with Gasteiger partial charge in [0.05, 0.1) is 3.79 Å². The summed E-state index contributed by atoms with van der Waals surface area (Å²) in [4.78, 5) is 4.10. The van der Waals surface area contributed by atoms with Gasteiger partial charge in [-0.3, -0.25) is 4.90 Å². The summed E-state index contributed by atoms with van der Waals surface area (Å²) in [7, 11) is 0. The normalized spacial score (nSPS) is 18.8. The Balaban J connectivity index is 2.14. The van der Waals surface area contributed by atoms with Crippen LogP contribution in [0.2, 0.25) is 0 Å². The summed E-state index contributed by atoms with van der Waals surface area (Å²) in [5.74, 6) is 0. The molecule has 4 heteroatoms. The zero-order valence-electron chi connectivity index (χ0n) is 10.9. The van der Waals surface area contributed by atoms with Crippen molar-refractivity contribution in [2.24, 2.45) is 0 Å². The average molecular weight is 329 g/mol. The Bertz CT molecular complexity index is 377. The van der Waals surface area contributed by atoms with Crippen molar-refractivity contribution in [2.75, 3.05) is 26.2 Å². The molecule has 1 N–H and O–H groups in total. The Hall–Kier alpha value is -0.160. The van der Waals surface area contributed by atoms with Crippen molar-refractivity contribution in [3.63, 3.8) is 0 Å². The largest absolute Gasteiger partial charge is 0.314 e. The first-order chi connectivity index (χ1) is 8.72. The molecule has 0 spiro atoms. The number of nitrogens with zero attached hydrogens (tertiary/aromatic N) is 1. The zero-order valence-corrected chi connectivity index (χ0v) is 13.3. The van der Waals surface area contributed by atoms with Gasteiger partial charge in [-0.2, -0.15) is 0 Å². The van der Waals surface area contributed by atoms with Crippen molar-refractivity contribution < 1.29 is 0 Å². The maximum Gasteiger partial charge on any atom is 0.0731 e. The van der Waals surface area contributed by atoms with E-state index < -0.39 is 0 Å². The lowest BCUT2D eigenvalue weighted by Crippen LogP contribution is -2.45. The van der Waals surface area contributed by atoms with Gasteiger partial charge in [-0.15, -0.1) is 17.9 Å². The van der Waals surface area contributed by atoms with Gasteiger partial charge in [-0.05, 0) is 47.3 Å². The molecular weight excluding hydrogens is 308 g/mol. The average Bonchev–Trinajstić information content (AvgIpc) is 2.71. The second kappa shape index (κ2) is 6.85. The number of piperazine rings is 1. The van der Waals surface area contributed by atoms with Crippen LogP contribution in [0.3, 0.4) is 0 Å². The molecule has 0 bridgehead atoms. The number of aryl methyl sites for hydroxylation is 1. The highest BCUT2D eigenvalue weighted by atomic mass is 79.9. The fourth-order valence-corrected chi connectivity index (χ4v) is 4.16. The van der Waals surface area contributed by atoms with E-state index in [0.717, 1.165) is 32.6 Å². The van der Waals surface area contributed by atoms with Gasteiger partial charge in [0.2, 0.25) is 0 Å². The first kappa shape index (κ1) is 14.3. The van der Waals surface area contributed by atoms with E-state index in [9.17, 15) is 0 Å². The third kappa shape index (κ3) is 3.44. The zero-order chi connectivity index (χ0) is 13.0. The molecule has 0 saturated carbocycles. The van der Waals surface area contributed by atoms with Crippen LogP contribution < -0.4 is 5.32 Å². The monoisotopic (exact) mass is 328 g/mol. The van der Waals surface area contributed by atoms with E-state index in [4.69, 9.17) is 0 Å². The predicted molar refractivity (Wildman–Crippen MR) is 83.4 cm³/mol. The highest BCUT2D eigenvalue weighted by Gasteiger charge is 2.23. The molecule has 1 aromatic rings. The number of hydrogen-bond acceptors (Lipinski definition) is 3. The van der Waals surface area contributed by atoms with E-state index in [1.807, 2.05) is 17.4 Å². The lowest BCUT2D eigenvalue weighted by Gasteiger charge is -2.34. The molecule has 1 aliphatic heterocycles. The highest BCUT2D eigenvalue weighted by molar-refractivity contribution is 9.11. The van der Waals surface area contributed by atoms with Gasteiger partial charge in [0, 0.05) is 37.1 Å². The molecule has 1 aromatic heterocycles. The number of nitrogens with one attached hydrogen (secondary N) is 1. The summed E-state index contributed by atoms with van der Waals surface area (Å²) in [6.45, 7) is 10.5. The lowest BCUT2D eigenvalue weighted by molar-refractivity contribution is 0.168. The van der Waals surface area contributed by atoms with Crippen LogP contribution in [0, 0.1) is 6.92 Å². The predicted octanol–water partition coefficient (Wildman–Crippen LogP) is 3.73. The minimum atomic E-state index is 0.556. The fourth-order valence-electron chi connectivity index (χ4n) is 2.42. The molecular formula is C14H21BrN2S. The molecule has 0 aromatic carbocycles. The summed E-state index contributed by atoms with van der Waals surface area (Å²) in [5, 5.41) is 3.43. The highest BCUT2D eigenvalue weighted by Crippen LogP contribution is 2.36. The van der Waals surface area contributed by atoms with E-state index in [1.165, 1.54) is 20.6 Å². The molecule has 18 heavy (non-hydrogen) atoms. The minimum Gasteiger partial charge on any atom is -0.314 e. The third-order valence-corrected chi connectivity index (χ3v) is 5.68. The van der Waals surface area contributed by atoms with Crippen LogP contribution in [0.5, 0.6) is 0 Å². The molecule has 0 unspecified atom stereocenters. The molecule has 0 radical (unpaired) electrons. The van der Waals surface area contributed by atoms with Crippen LogP contribution in [-0.2, 0) is 0 Å². The van der Waals surface area contributed by atoms with Gasteiger partial charge < -0.3 is 5.32 Å². The quantitative estimate of drug-likeness (QED) is 0.828. The molecule has 0 aliphatic carbocycles. The van der Waals surface area contributed by atoms with E-state index in [-0.39, 0.29) is 0 Å². The van der Waals surface area contributed by atoms with Crippen LogP contribution >= 0.6 is 27.3 Å². The summed E-state index contributed by atoms with van der Waals surface area (Å²) in [5.41, 5.74) is 1.36. The second-order valence-electron chi connectivity index (χ2n) is 4.77. The van der Waals surface area contributed by atoms with Crippen molar-refractivity contribution in [1.82, 2.24) is 10.2 Å². The Labute approximate surface area is 122 Å². The molecule has 2 heterocycles. The van der Waals surface area contributed by atoms with E-state index in [0.29, 0.717) is 6.04 Å². The lowest BCUT2D eigenvalue weighted by atomic mass is 10.1. The van der Waals surface area contributed by atoms with Crippen LogP contribution in [-0.4, -0.2) is 31.1 Å². The minimum absolute atomic E-state index is 0.556. The molecule has 1 fully saturated rings. The molecule has 1 saturated heterocycles. The van der Waals surface area contributed by atoms with Crippen LogP contribution in [0.25, 0.3) is 0 Å². The number of thiophene rings is 1. The van der Waals surface area contributed by atoms with Gasteiger partial charge >= 0.3 is 0 Å². The molecule has 2 nitrogen and oxygen atoms in total. The van der Waals surface area contributed by atoms with Crippen molar-refractivity contribution in [1.29, 1.82) is 0 Å². The summed E-state index contributed by atoms with van der Waals surface area (Å²) < 4.78 is 1.27. The van der Waals surface area contributed by atoms with Crippen molar-refractivity contribution in [3.05, 3.63) is 32.9 Å². The standard InChI is InChI=1S/C14H21BrN2S/c1-3-4-5-12(17-8-6-16-7-9-17)13-10-11(2)14(15)18-13/h3,10,12,16H,1,4-9H2,2H3/t12-/m1/s1. The van der Waals surface area contributed by atoms with Crippen molar-refractivity contribution in [2.45, 2.75) is 25.8 Å². The molecule has 100 valence electrons. The number of rotatable bonds is 5. The molecule has 0 amide bonds. The molecule has 1 aliphatic rings. The summed E-state index contributed by atoms with van der Waals surface area (Å²) >= 11 is 5.53. The smallest absolute Gasteiger partial charge is 0.0731 e. The molecule has 2 rings (SSSR count). The number of halogens is 1. The van der Waals surface area contributed by atoms with E-state index in [2.05, 4.69) is 45.7 Å². The Morgan fingerprint density at radius 1 is 1.56 bits per heavy atom. The van der Waals surface area contributed by atoms with Crippen LogP contribution in [0.1, 0.15) is 29.3 Å². The fraction of sp³-hybridized carbons (Fsp3) is 0.571. The molecule has 1 atom stereocenters. The van der Waals surface area contributed by atoms with Crippen molar-refractivity contribution >= 4 is 27.3 Å². The van der Waals surface area contributed by atoms with Crippen molar-refractivity contribution in [3.8, 4) is 0 Å². The summed E-state index contributed by atoms with van der Waals surface area (Å²) in [6.07, 6.45) is 4.30. The maximum atomic E-state index is 3.86. The first-order valence-corrected chi connectivity index (χ1v) is 8.15. The third-order valence-electron chi connectivity index (χ3n) is 3.44. The maximum absolute atomic E-state index is 3.86. The Kier molecular flexibility index (Phi) is 5.42.